The highest BCUT2D eigenvalue weighted by molar-refractivity contribution is 6.32. The van der Waals surface area contributed by atoms with E-state index in [-0.39, 0.29) is 29.0 Å². The number of amides is 3. The topological polar surface area (TPSA) is 82.2 Å². The Labute approximate surface area is 313 Å². The number of nitrogens with zero attached hydrogens (tertiary/aromatic N) is 3. The van der Waals surface area contributed by atoms with Gasteiger partial charge in [-0.3, -0.25) is 9.59 Å². The second-order valence-electron chi connectivity index (χ2n) is 16.8. The molecule has 0 radical (unpaired) electrons. The Morgan fingerprint density at radius 3 is 1.57 bits per heavy atom. The van der Waals surface area contributed by atoms with Crippen LogP contribution in [0.1, 0.15) is 141 Å². The number of ether oxygens (including phenoxy) is 1. The van der Waals surface area contributed by atoms with Crippen molar-refractivity contribution >= 4 is 41.1 Å². The van der Waals surface area contributed by atoms with Crippen molar-refractivity contribution < 1.29 is 19.1 Å². The molecule has 2 spiro atoms. The number of rotatable bonds is 4. The zero-order chi connectivity index (χ0) is 36.0. The van der Waals surface area contributed by atoms with Gasteiger partial charge in [0.1, 0.15) is 5.60 Å². The molecule has 2 aliphatic carbocycles. The molecule has 3 amide bonds. The van der Waals surface area contributed by atoms with E-state index in [2.05, 4.69) is 21.2 Å². The van der Waals surface area contributed by atoms with Gasteiger partial charge in [0.2, 0.25) is 0 Å². The first-order chi connectivity index (χ1) is 24.4. The molecule has 0 unspecified atom stereocenters. The average molecular weight is 738 g/mol. The lowest BCUT2D eigenvalue weighted by Crippen LogP contribution is -2.55. The third-order valence-electron chi connectivity index (χ3n) is 12.1. The van der Waals surface area contributed by atoms with E-state index in [0.717, 1.165) is 117 Å². The lowest BCUT2D eigenvalue weighted by Gasteiger charge is -2.45. The first-order valence-electron chi connectivity index (χ1n) is 19.3. The van der Waals surface area contributed by atoms with Crippen LogP contribution in [0.15, 0.2) is 36.4 Å². The fourth-order valence-corrected chi connectivity index (χ4v) is 9.50. The molecule has 0 aromatic heterocycles. The monoisotopic (exact) mass is 736 g/mol. The molecular weight excluding hydrogens is 683 g/mol. The van der Waals surface area contributed by atoms with Crippen LogP contribution in [-0.4, -0.2) is 88.6 Å². The lowest BCUT2D eigenvalue weighted by atomic mass is 9.84. The predicted octanol–water partition coefficient (Wildman–Crippen LogP) is 8.80. The van der Waals surface area contributed by atoms with Gasteiger partial charge in [0, 0.05) is 58.4 Å². The Balaban J connectivity index is 0.000000165. The van der Waals surface area contributed by atoms with E-state index in [1.807, 2.05) is 51.1 Å². The fraction of sp³-hybridized carbons (Fsp3) is 0.634. The number of likely N-dealkylation sites (tertiary alicyclic amines) is 3. The van der Waals surface area contributed by atoms with Crippen molar-refractivity contribution in [3.8, 4) is 0 Å². The third kappa shape index (κ3) is 7.94. The summed E-state index contributed by atoms with van der Waals surface area (Å²) in [7, 11) is 0. The second-order valence-corrected chi connectivity index (χ2v) is 17.6. The predicted molar refractivity (Wildman–Crippen MR) is 202 cm³/mol. The molecule has 8 rings (SSSR count). The van der Waals surface area contributed by atoms with Crippen LogP contribution < -0.4 is 5.32 Å². The van der Waals surface area contributed by atoms with E-state index in [1.165, 1.54) is 18.4 Å². The summed E-state index contributed by atoms with van der Waals surface area (Å²) in [6.07, 6.45) is 12.6. The van der Waals surface area contributed by atoms with Gasteiger partial charge in [0.25, 0.3) is 11.8 Å². The van der Waals surface area contributed by atoms with Crippen molar-refractivity contribution in [2.45, 2.75) is 126 Å². The minimum atomic E-state index is -0.491. The van der Waals surface area contributed by atoms with Gasteiger partial charge in [-0.05, 0) is 170 Å². The van der Waals surface area contributed by atoms with E-state index < -0.39 is 5.60 Å². The van der Waals surface area contributed by atoms with Crippen molar-refractivity contribution in [3.63, 3.8) is 0 Å². The highest BCUT2D eigenvalue weighted by Crippen LogP contribution is 2.46. The molecule has 6 fully saturated rings. The van der Waals surface area contributed by atoms with E-state index in [9.17, 15) is 14.4 Å². The fourth-order valence-electron chi connectivity index (χ4n) is 8.95. The van der Waals surface area contributed by atoms with Crippen molar-refractivity contribution in [3.05, 3.63) is 68.7 Å². The van der Waals surface area contributed by atoms with E-state index in [1.54, 1.807) is 4.90 Å². The maximum atomic E-state index is 13.4. The molecular formula is C41H54Cl2N4O4. The highest BCUT2D eigenvalue weighted by atomic mass is 35.5. The number of piperidine rings is 2. The number of carbonyl (C=O) groups excluding carboxylic acids is 3. The minimum absolute atomic E-state index is 0.0989. The number of carbonyl (C=O) groups is 3. The van der Waals surface area contributed by atoms with Crippen molar-refractivity contribution in [1.29, 1.82) is 0 Å². The Morgan fingerprint density at radius 1 is 0.686 bits per heavy atom. The summed E-state index contributed by atoms with van der Waals surface area (Å²) in [6.45, 7) is 10.7. The maximum Gasteiger partial charge on any atom is 0.410 e. The SMILES string of the molecule is CC(C)(C)OC(=O)N1CCC2(CCCN2C(=O)c2ccc(Cl)c(C3CC3)c2)CC1.O=C(c1ccc(Cl)c(C2CC2)c1)N1CCCC12CCNCC2. The molecule has 6 aliphatic rings. The van der Waals surface area contributed by atoms with Gasteiger partial charge >= 0.3 is 6.09 Å². The summed E-state index contributed by atoms with van der Waals surface area (Å²) >= 11 is 12.7. The minimum Gasteiger partial charge on any atom is -0.444 e. The van der Waals surface area contributed by atoms with Gasteiger partial charge < -0.3 is 24.8 Å². The molecule has 51 heavy (non-hydrogen) atoms. The number of nitrogens with one attached hydrogen (secondary N) is 1. The van der Waals surface area contributed by atoms with Gasteiger partial charge in [0.05, 0.1) is 0 Å². The van der Waals surface area contributed by atoms with Gasteiger partial charge in [-0.25, -0.2) is 4.79 Å². The summed E-state index contributed by atoms with van der Waals surface area (Å²) < 4.78 is 5.52. The van der Waals surface area contributed by atoms with Crippen LogP contribution in [-0.2, 0) is 4.74 Å². The van der Waals surface area contributed by atoms with Crippen LogP contribution in [0, 0.1) is 0 Å². The molecule has 8 nitrogen and oxygen atoms in total. The van der Waals surface area contributed by atoms with Gasteiger partial charge in [-0.2, -0.15) is 0 Å². The Morgan fingerprint density at radius 2 is 1.14 bits per heavy atom. The summed E-state index contributed by atoms with van der Waals surface area (Å²) in [5, 5.41) is 5.01. The second kappa shape index (κ2) is 14.5. The number of benzene rings is 2. The van der Waals surface area contributed by atoms with Crippen LogP contribution in [0.25, 0.3) is 0 Å². The van der Waals surface area contributed by atoms with Gasteiger partial charge in [-0.1, -0.05) is 23.2 Å². The zero-order valence-corrected chi connectivity index (χ0v) is 32.1. The van der Waals surface area contributed by atoms with Gasteiger partial charge in [0.15, 0.2) is 0 Å². The van der Waals surface area contributed by atoms with E-state index >= 15 is 0 Å². The molecule has 2 aromatic carbocycles. The van der Waals surface area contributed by atoms with Crippen LogP contribution in [0.4, 0.5) is 4.79 Å². The summed E-state index contributed by atoms with van der Waals surface area (Å²) in [5.41, 5.74) is 3.32. The quantitative estimate of drug-likeness (QED) is 0.340. The van der Waals surface area contributed by atoms with Crippen molar-refractivity contribution in [1.82, 2.24) is 20.0 Å². The highest BCUT2D eigenvalue weighted by Gasteiger charge is 2.47. The molecule has 4 saturated heterocycles. The summed E-state index contributed by atoms with van der Waals surface area (Å²) in [6, 6.07) is 11.6. The van der Waals surface area contributed by atoms with Crippen molar-refractivity contribution in [2.75, 3.05) is 39.3 Å². The van der Waals surface area contributed by atoms with E-state index in [4.69, 9.17) is 27.9 Å². The standard InChI is InChI=1S/C23H31ClN2O3.C18H23ClN2O/c1-22(2,3)29-21(28)25-13-10-23(11-14-25)9-4-12-26(23)20(27)17-7-8-19(24)18(15-17)16-5-6-16;19-16-5-4-14(12-15(16)13-2-3-13)17(22)21-11-1-6-18(21)7-9-20-10-8-18/h7-8,15-16H,4-6,9-14H2,1-3H3;4-5,12-13,20H,1-3,6-11H2. The molecule has 4 heterocycles. The summed E-state index contributed by atoms with van der Waals surface area (Å²) in [4.78, 5) is 44.9. The Hall–Kier alpha value is -2.81. The molecule has 0 atom stereocenters. The number of hydrogen-bond donors (Lipinski definition) is 1. The molecule has 1 N–H and O–H groups in total. The molecule has 2 aromatic rings. The number of halogens is 2. The van der Waals surface area contributed by atoms with Crippen LogP contribution >= 0.6 is 23.2 Å². The average Bonchev–Trinajstić information content (AvgIpc) is 4.05. The first kappa shape index (κ1) is 36.5. The first-order valence-corrected chi connectivity index (χ1v) is 20.1. The molecule has 10 heteroatoms. The molecule has 4 aliphatic heterocycles. The van der Waals surface area contributed by atoms with Gasteiger partial charge in [-0.15, -0.1) is 0 Å². The normalized spacial score (nSPS) is 22.6. The summed E-state index contributed by atoms with van der Waals surface area (Å²) in [5.74, 6) is 1.40. The maximum absolute atomic E-state index is 13.4. The Kier molecular flexibility index (Phi) is 10.4. The third-order valence-corrected chi connectivity index (χ3v) is 12.8. The lowest BCUT2D eigenvalue weighted by molar-refractivity contribution is 0.00460. The Bertz CT molecular complexity index is 1630. The molecule has 276 valence electrons. The van der Waals surface area contributed by atoms with E-state index in [0.29, 0.717) is 24.9 Å². The van der Waals surface area contributed by atoms with Crippen LogP contribution in [0.5, 0.6) is 0 Å². The van der Waals surface area contributed by atoms with Crippen LogP contribution in [0.2, 0.25) is 10.0 Å². The molecule has 0 bridgehead atoms. The molecule has 2 saturated carbocycles. The van der Waals surface area contributed by atoms with Crippen LogP contribution in [0.3, 0.4) is 0 Å². The zero-order valence-electron chi connectivity index (χ0n) is 30.6. The smallest absolute Gasteiger partial charge is 0.410 e. The largest absolute Gasteiger partial charge is 0.444 e. The van der Waals surface area contributed by atoms with Crippen molar-refractivity contribution in [2.24, 2.45) is 0 Å². The number of hydrogen-bond acceptors (Lipinski definition) is 5.